The summed E-state index contributed by atoms with van der Waals surface area (Å²) in [5, 5.41) is 0. The van der Waals surface area contributed by atoms with Crippen molar-refractivity contribution in [3.05, 3.63) is 19.0 Å². The maximum absolute atomic E-state index is 4.88. The predicted molar refractivity (Wildman–Crippen MR) is 39.3 cm³/mol. The van der Waals surface area contributed by atoms with Crippen molar-refractivity contribution in [1.82, 2.24) is 9.97 Å². The molecule has 1 rings (SSSR count). The van der Waals surface area contributed by atoms with Gasteiger partial charge in [0.25, 0.3) is 0 Å². The van der Waals surface area contributed by atoms with E-state index < -0.39 is 0 Å². The summed E-state index contributed by atoms with van der Waals surface area (Å²) in [4.78, 5) is 7.88. The van der Waals surface area contributed by atoms with Crippen LogP contribution in [0.3, 0.4) is 0 Å². The van der Waals surface area contributed by atoms with Gasteiger partial charge in [-0.1, -0.05) is 0 Å². The quantitative estimate of drug-likeness (QED) is 0.634. The van der Waals surface area contributed by atoms with Crippen LogP contribution in [0.15, 0.2) is 6.07 Å². The van der Waals surface area contributed by atoms with Gasteiger partial charge in [0.1, 0.15) is 12.9 Å². The fourth-order valence-corrected chi connectivity index (χ4v) is 0.693. The number of hydrogen-bond acceptors (Lipinski definition) is 4. The van der Waals surface area contributed by atoms with E-state index in [0.29, 0.717) is 17.6 Å². The molecule has 4 heteroatoms. The van der Waals surface area contributed by atoms with E-state index >= 15 is 0 Å². The van der Waals surface area contributed by atoms with Gasteiger partial charge in [-0.15, -0.1) is 0 Å². The van der Waals surface area contributed by atoms with Crippen LogP contribution in [0.5, 0.6) is 11.8 Å². The Morgan fingerprint density at radius 2 is 2.00 bits per heavy atom. The standard InChI is InChI=1S/C7H9N2O2/c1-5-8-6(10-2)4-7(9-5)11-3/h4H,2H2,1,3H3. The molecule has 0 amide bonds. The summed E-state index contributed by atoms with van der Waals surface area (Å²) in [6, 6.07) is 1.57. The van der Waals surface area contributed by atoms with Gasteiger partial charge in [0.15, 0.2) is 0 Å². The number of aromatic nitrogens is 2. The van der Waals surface area contributed by atoms with Crippen molar-refractivity contribution in [3.63, 3.8) is 0 Å². The number of rotatable bonds is 2. The second-order valence-electron chi connectivity index (χ2n) is 1.94. The van der Waals surface area contributed by atoms with Gasteiger partial charge in [-0.05, 0) is 6.92 Å². The van der Waals surface area contributed by atoms with E-state index in [9.17, 15) is 0 Å². The zero-order valence-electron chi connectivity index (χ0n) is 6.50. The molecule has 0 atom stereocenters. The Kier molecular flexibility index (Phi) is 2.25. The third-order valence-electron chi connectivity index (χ3n) is 1.15. The molecule has 1 aromatic heterocycles. The fourth-order valence-electron chi connectivity index (χ4n) is 0.693. The van der Waals surface area contributed by atoms with Crippen LogP contribution in [-0.2, 0) is 0 Å². The molecule has 0 saturated heterocycles. The van der Waals surface area contributed by atoms with E-state index in [1.54, 1.807) is 13.0 Å². The minimum atomic E-state index is 0.411. The molecule has 59 valence electrons. The minimum Gasteiger partial charge on any atom is -0.481 e. The van der Waals surface area contributed by atoms with Crippen LogP contribution < -0.4 is 9.47 Å². The smallest absolute Gasteiger partial charge is 0.220 e. The van der Waals surface area contributed by atoms with Crippen molar-refractivity contribution >= 4 is 0 Å². The molecule has 0 aromatic carbocycles. The third-order valence-corrected chi connectivity index (χ3v) is 1.15. The van der Waals surface area contributed by atoms with E-state index in [4.69, 9.17) is 4.74 Å². The molecule has 0 aliphatic carbocycles. The number of aryl methyl sites for hydroxylation is 1. The van der Waals surface area contributed by atoms with Crippen LogP contribution in [0.25, 0.3) is 0 Å². The normalized spacial score (nSPS) is 9.36. The van der Waals surface area contributed by atoms with Crippen molar-refractivity contribution in [3.8, 4) is 11.8 Å². The Morgan fingerprint density at radius 1 is 1.36 bits per heavy atom. The largest absolute Gasteiger partial charge is 0.481 e. The highest BCUT2D eigenvalue weighted by atomic mass is 16.5. The first-order valence-corrected chi connectivity index (χ1v) is 3.08. The van der Waals surface area contributed by atoms with E-state index in [0.717, 1.165) is 0 Å². The van der Waals surface area contributed by atoms with Crippen molar-refractivity contribution in [2.75, 3.05) is 7.11 Å². The number of nitrogens with zero attached hydrogens (tertiary/aromatic N) is 2. The molecule has 11 heavy (non-hydrogen) atoms. The van der Waals surface area contributed by atoms with E-state index in [-0.39, 0.29) is 0 Å². The summed E-state index contributed by atoms with van der Waals surface area (Å²) in [7, 11) is 4.76. The first-order chi connectivity index (χ1) is 5.26. The second kappa shape index (κ2) is 3.18. The molecule has 0 bridgehead atoms. The molecule has 0 aliphatic heterocycles. The molecule has 0 aliphatic rings. The molecule has 0 saturated carbocycles. The molecule has 1 heterocycles. The second-order valence-corrected chi connectivity index (χ2v) is 1.94. The SMILES string of the molecule is [CH2]Oc1cc(OC)nc(C)n1. The molecule has 0 fully saturated rings. The summed E-state index contributed by atoms with van der Waals surface area (Å²) in [6.07, 6.45) is 0. The topological polar surface area (TPSA) is 44.2 Å². The van der Waals surface area contributed by atoms with Crippen LogP contribution in [0, 0.1) is 14.0 Å². The van der Waals surface area contributed by atoms with E-state index in [1.165, 1.54) is 7.11 Å². The average molecular weight is 153 g/mol. The number of methoxy groups -OCH3 is 1. The van der Waals surface area contributed by atoms with Crippen molar-refractivity contribution in [1.29, 1.82) is 0 Å². The Balaban J connectivity index is 3.02. The van der Waals surface area contributed by atoms with Crippen LogP contribution in [0.1, 0.15) is 5.82 Å². The van der Waals surface area contributed by atoms with Gasteiger partial charge < -0.3 is 9.47 Å². The maximum atomic E-state index is 4.88. The molecular formula is C7H9N2O2. The van der Waals surface area contributed by atoms with Crippen molar-refractivity contribution in [2.45, 2.75) is 6.92 Å². The van der Waals surface area contributed by atoms with Crippen LogP contribution in [-0.4, -0.2) is 17.1 Å². The first kappa shape index (κ1) is 7.78. The highest BCUT2D eigenvalue weighted by molar-refractivity contribution is 5.20. The molecule has 0 spiro atoms. The van der Waals surface area contributed by atoms with E-state index in [2.05, 4.69) is 21.8 Å². The Hall–Kier alpha value is -1.32. The monoisotopic (exact) mass is 153 g/mol. The lowest BCUT2D eigenvalue weighted by Gasteiger charge is -2.02. The molecule has 0 unspecified atom stereocenters. The Labute approximate surface area is 65.2 Å². The summed E-state index contributed by atoms with van der Waals surface area (Å²) in [6.45, 7) is 1.76. The van der Waals surface area contributed by atoms with Crippen LogP contribution >= 0.6 is 0 Å². The lowest BCUT2D eigenvalue weighted by Crippen LogP contribution is -1.95. The van der Waals surface area contributed by atoms with Crippen LogP contribution in [0.2, 0.25) is 0 Å². The molecule has 0 N–H and O–H groups in total. The zero-order chi connectivity index (χ0) is 8.27. The summed E-state index contributed by atoms with van der Waals surface area (Å²) in [5.74, 6) is 1.49. The van der Waals surface area contributed by atoms with Gasteiger partial charge in [0.05, 0.1) is 13.2 Å². The lowest BCUT2D eigenvalue weighted by atomic mass is 10.5. The van der Waals surface area contributed by atoms with Gasteiger partial charge in [-0.25, -0.2) is 0 Å². The Morgan fingerprint density at radius 3 is 2.55 bits per heavy atom. The van der Waals surface area contributed by atoms with Gasteiger partial charge in [-0.2, -0.15) is 9.97 Å². The number of hydrogen-bond donors (Lipinski definition) is 0. The molecule has 4 nitrogen and oxygen atoms in total. The van der Waals surface area contributed by atoms with Gasteiger partial charge in [-0.3, -0.25) is 0 Å². The van der Waals surface area contributed by atoms with Crippen molar-refractivity contribution in [2.24, 2.45) is 0 Å². The average Bonchev–Trinajstić information content (AvgIpc) is 2.03. The third kappa shape index (κ3) is 1.80. The maximum Gasteiger partial charge on any atom is 0.220 e. The lowest BCUT2D eigenvalue weighted by molar-refractivity contribution is 0.384. The molecule has 1 radical (unpaired) electrons. The molecule has 1 aromatic rings. The minimum absolute atomic E-state index is 0.411. The van der Waals surface area contributed by atoms with E-state index in [1.807, 2.05) is 0 Å². The van der Waals surface area contributed by atoms with Gasteiger partial charge >= 0.3 is 0 Å². The first-order valence-electron chi connectivity index (χ1n) is 3.08. The molecular weight excluding hydrogens is 144 g/mol. The zero-order valence-corrected chi connectivity index (χ0v) is 6.50. The van der Waals surface area contributed by atoms with Gasteiger partial charge in [0.2, 0.25) is 11.8 Å². The predicted octanol–water partition coefficient (Wildman–Crippen LogP) is 0.964. The fraction of sp³-hybridized carbons (Fsp3) is 0.286. The van der Waals surface area contributed by atoms with Gasteiger partial charge in [0, 0.05) is 0 Å². The highest BCUT2D eigenvalue weighted by Crippen LogP contribution is 2.13. The summed E-state index contributed by atoms with van der Waals surface area (Å²) in [5.41, 5.74) is 0. The van der Waals surface area contributed by atoms with Crippen LogP contribution in [0.4, 0.5) is 0 Å². The summed E-state index contributed by atoms with van der Waals surface area (Å²) < 4.78 is 9.54. The number of ether oxygens (including phenoxy) is 2. The Bertz CT molecular complexity index is 228. The summed E-state index contributed by atoms with van der Waals surface area (Å²) >= 11 is 0. The highest BCUT2D eigenvalue weighted by Gasteiger charge is 1.99. The van der Waals surface area contributed by atoms with Crippen molar-refractivity contribution < 1.29 is 9.47 Å².